The number of phenolic OH excluding ortho intramolecular Hbond substituents is 1. The van der Waals surface area contributed by atoms with Gasteiger partial charge in [0.05, 0.1) is 11.0 Å². The van der Waals surface area contributed by atoms with E-state index < -0.39 is 11.0 Å². The molecule has 3 aromatic carbocycles. The monoisotopic (exact) mass is 364 g/mol. The Balaban J connectivity index is 2.14. The average Bonchev–Trinajstić information content (AvgIpc) is 2.67. The minimum atomic E-state index is -0.615. The summed E-state index contributed by atoms with van der Waals surface area (Å²) in [7, 11) is 0. The Morgan fingerprint density at radius 2 is 1.81 bits per heavy atom. The minimum Gasteiger partial charge on any atom is -0.508 e. The van der Waals surface area contributed by atoms with Crippen LogP contribution in [0.1, 0.15) is 36.9 Å². The number of carbonyl (C=O) groups excluding carboxylic acids is 1. The number of nitrogens with zero attached hydrogens (tertiary/aromatic N) is 1. The lowest BCUT2D eigenvalue weighted by Crippen LogP contribution is -2.29. The molecule has 1 unspecified atom stereocenters. The Morgan fingerprint density at radius 1 is 1.11 bits per heavy atom. The summed E-state index contributed by atoms with van der Waals surface area (Å²) >= 11 is 0. The number of benzene rings is 3. The van der Waals surface area contributed by atoms with Gasteiger partial charge < -0.3 is 10.4 Å². The number of phenols is 1. The number of carbonyl (C=O) groups is 1. The highest BCUT2D eigenvalue weighted by atomic mass is 16.6. The standard InChI is InChI=1S/C21H20N2O4/c1-2-5-19(25)22-21(15-8-11-16(12-9-15)23(26)27)20-17-7-4-3-6-14(17)10-13-18(20)24/h3-4,6-13,21,24H,2,5H2,1H3,(H,22,25). The zero-order valence-corrected chi connectivity index (χ0v) is 14.9. The number of amides is 1. The molecule has 1 atom stereocenters. The lowest BCUT2D eigenvalue weighted by atomic mass is 9.92. The van der Waals surface area contributed by atoms with Crippen molar-refractivity contribution >= 4 is 22.4 Å². The van der Waals surface area contributed by atoms with Crippen molar-refractivity contribution < 1.29 is 14.8 Å². The van der Waals surface area contributed by atoms with Crippen LogP contribution in [0.25, 0.3) is 10.8 Å². The van der Waals surface area contributed by atoms with Crippen molar-refractivity contribution in [3.63, 3.8) is 0 Å². The second-order valence-corrected chi connectivity index (χ2v) is 6.32. The summed E-state index contributed by atoms with van der Waals surface area (Å²) in [5.74, 6) is -0.0814. The molecule has 0 spiro atoms. The molecule has 0 radical (unpaired) electrons. The molecule has 2 N–H and O–H groups in total. The van der Waals surface area contributed by atoms with E-state index in [1.807, 2.05) is 37.3 Å². The fourth-order valence-corrected chi connectivity index (χ4v) is 3.16. The van der Waals surface area contributed by atoms with Crippen LogP contribution < -0.4 is 5.32 Å². The molecule has 138 valence electrons. The van der Waals surface area contributed by atoms with Crippen LogP contribution in [0.5, 0.6) is 5.75 Å². The molecule has 0 aliphatic rings. The first-order chi connectivity index (χ1) is 13.0. The molecule has 1 amide bonds. The zero-order chi connectivity index (χ0) is 19.4. The molecule has 0 aliphatic carbocycles. The van der Waals surface area contributed by atoms with Crippen LogP contribution in [0.4, 0.5) is 5.69 Å². The van der Waals surface area contributed by atoms with Crippen LogP contribution in [0.15, 0.2) is 60.7 Å². The van der Waals surface area contributed by atoms with Crippen molar-refractivity contribution in [3.05, 3.63) is 81.9 Å². The third-order valence-corrected chi connectivity index (χ3v) is 4.46. The molecule has 0 aliphatic heterocycles. The van der Waals surface area contributed by atoms with Gasteiger partial charge in [-0.15, -0.1) is 0 Å². The van der Waals surface area contributed by atoms with E-state index in [0.717, 1.165) is 10.8 Å². The van der Waals surface area contributed by atoms with Crippen molar-refractivity contribution in [2.24, 2.45) is 0 Å². The van der Waals surface area contributed by atoms with Gasteiger partial charge in [0.2, 0.25) is 5.91 Å². The lowest BCUT2D eigenvalue weighted by Gasteiger charge is -2.22. The van der Waals surface area contributed by atoms with E-state index in [2.05, 4.69) is 5.32 Å². The summed E-state index contributed by atoms with van der Waals surface area (Å²) < 4.78 is 0. The average molecular weight is 364 g/mol. The first kappa shape index (κ1) is 18.4. The number of nitrogens with one attached hydrogen (secondary N) is 1. The van der Waals surface area contributed by atoms with Gasteiger partial charge in [-0.25, -0.2) is 0 Å². The van der Waals surface area contributed by atoms with Crippen LogP contribution in [-0.4, -0.2) is 15.9 Å². The van der Waals surface area contributed by atoms with Crippen molar-refractivity contribution in [2.45, 2.75) is 25.8 Å². The number of aromatic hydroxyl groups is 1. The highest BCUT2D eigenvalue weighted by Crippen LogP contribution is 2.36. The SMILES string of the molecule is CCCC(=O)NC(c1ccc([N+](=O)[O-])cc1)c1c(O)ccc2ccccc12. The molecule has 0 aromatic heterocycles. The summed E-state index contributed by atoms with van der Waals surface area (Å²) in [5.41, 5.74) is 1.21. The van der Waals surface area contributed by atoms with Gasteiger partial charge in [0, 0.05) is 24.1 Å². The van der Waals surface area contributed by atoms with Crippen molar-refractivity contribution in [3.8, 4) is 5.75 Å². The summed E-state index contributed by atoms with van der Waals surface area (Å²) in [6.45, 7) is 1.91. The summed E-state index contributed by atoms with van der Waals surface area (Å²) in [6, 6.07) is 16.4. The number of nitro groups is 1. The van der Waals surface area contributed by atoms with Gasteiger partial charge in [0.25, 0.3) is 5.69 Å². The molecular weight excluding hydrogens is 344 g/mol. The first-order valence-electron chi connectivity index (χ1n) is 8.75. The normalized spacial score (nSPS) is 11.9. The van der Waals surface area contributed by atoms with E-state index in [9.17, 15) is 20.0 Å². The van der Waals surface area contributed by atoms with Gasteiger partial charge in [0.15, 0.2) is 0 Å². The predicted octanol–water partition coefficient (Wildman–Crippen LogP) is 4.46. The van der Waals surface area contributed by atoms with E-state index >= 15 is 0 Å². The highest BCUT2D eigenvalue weighted by molar-refractivity contribution is 5.89. The second-order valence-electron chi connectivity index (χ2n) is 6.32. The fourth-order valence-electron chi connectivity index (χ4n) is 3.16. The van der Waals surface area contributed by atoms with Crippen LogP contribution in [0, 0.1) is 10.1 Å². The van der Waals surface area contributed by atoms with Gasteiger partial charge in [-0.3, -0.25) is 14.9 Å². The number of hydrogen-bond donors (Lipinski definition) is 2. The van der Waals surface area contributed by atoms with Crippen LogP contribution in [-0.2, 0) is 4.79 Å². The van der Waals surface area contributed by atoms with Crippen LogP contribution >= 0.6 is 0 Å². The fraction of sp³-hybridized carbons (Fsp3) is 0.190. The van der Waals surface area contributed by atoms with E-state index in [-0.39, 0.29) is 17.3 Å². The van der Waals surface area contributed by atoms with Gasteiger partial charge >= 0.3 is 0 Å². The molecule has 0 saturated carbocycles. The molecule has 3 rings (SSSR count). The predicted molar refractivity (Wildman–Crippen MR) is 104 cm³/mol. The molecule has 6 heteroatoms. The van der Waals surface area contributed by atoms with E-state index in [0.29, 0.717) is 24.0 Å². The lowest BCUT2D eigenvalue weighted by molar-refractivity contribution is -0.384. The van der Waals surface area contributed by atoms with E-state index in [1.165, 1.54) is 12.1 Å². The molecule has 6 nitrogen and oxygen atoms in total. The smallest absolute Gasteiger partial charge is 0.269 e. The topological polar surface area (TPSA) is 92.5 Å². The Morgan fingerprint density at radius 3 is 2.48 bits per heavy atom. The van der Waals surface area contributed by atoms with Gasteiger partial charge in [-0.1, -0.05) is 37.3 Å². The molecule has 0 saturated heterocycles. The third kappa shape index (κ3) is 3.89. The molecule has 0 heterocycles. The number of hydrogen-bond acceptors (Lipinski definition) is 4. The Kier molecular flexibility index (Phi) is 5.35. The van der Waals surface area contributed by atoms with E-state index in [4.69, 9.17) is 0 Å². The van der Waals surface area contributed by atoms with Gasteiger partial charge in [-0.05, 0) is 41.0 Å². The van der Waals surface area contributed by atoms with Crippen molar-refractivity contribution in [2.75, 3.05) is 0 Å². The van der Waals surface area contributed by atoms with Gasteiger partial charge in [-0.2, -0.15) is 0 Å². The highest BCUT2D eigenvalue weighted by Gasteiger charge is 2.23. The van der Waals surface area contributed by atoms with Gasteiger partial charge in [0.1, 0.15) is 5.75 Å². The maximum atomic E-state index is 12.3. The maximum Gasteiger partial charge on any atom is 0.269 e. The molecule has 0 bridgehead atoms. The quantitative estimate of drug-likeness (QED) is 0.499. The Labute approximate surface area is 156 Å². The summed E-state index contributed by atoms with van der Waals surface area (Å²) in [4.78, 5) is 22.8. The zero-order valence-electron chi connectivity index (χ0n) is 14.9. The summed E-state index contributed by atoms with van der Waals surface area (Å²) in [6.07, 6.45) is 1.05. The molecule has 3 aromatic rings. The van der Waals surface area contributed by atoms with Crippen molar-refractivity contribution in [1.82, 2.24) is 5.32 Å². The van der Waals surface area contributed by atoms with Crippen molar-refractivity contribution in [1.29, 1.82) is 0 Å². The number of fused-ring (bicyclic) bond motifs is 1. The second kappa shape index (κ2) is 7.86. The number of nitro benzene ring substituents is 1. The van der Waals surface area contributed by atoms with E-state index in [1.54, 1.807) is 18.2 Å². The first-order valence-corrected chi connectivity index (χ1v) is 8.75. The van der Waals surface area contributed by atoms with Crippen LogP contribution in [0.2, 0.25) is 0 Å². The molecular formula is C21H20N2O4. The Bertz CT molecular complexity index is 983. The number of rotatable bonds is 6. The van der Waals surface area contributed by atoms with Crippen LogP contribution in [0.3, 0.4) is 0 Å². The minimum absolute atomic E-state index is 0.0282. The Hall–Kier alpha value is -3.41. The largest absolute Gasteiger partial charge is 0.508 e. The molecule has 27 heavy (non-hydrogen) atoms. The number of non-ortho nitro benzene ring substituents is 1. The third-order valence-electron chi connectivity index (χ3n) is 4.46. The summed E-state index contributed by atoms with van der Waals surface area (Å²) in [5, 5.41) is 26.2. The maximum absolute atomic E-state index is 12.3. The molecule has 0 fully saturated rings.